The van der Waals surface area contributed by atoms with Crippen molar-refractivity contribution in [2.45, 2.75) is 272 Å². The molecule has 0 aromatic carbocycles. The maximum Gasteiger partial charge on any atom is 0.364 e. The molecule has 0 saturated carbocycles. The van der Waals surface area contributed by atoms with E-state index in [0.717, 1.165) is 20.8 Å². The fourth-order valence-electron chi connectivity index (χ4n) is 12.9. The second-order valence-corrected chi connectivity index (χ2v) is 26.0. The van der Waals surface area contributed by atoms with Gasteiger partial charge in [-0.05, 0) is 0 Å². The number of aliphatic carboxylic acids is 3. The van der Waals surface area contributed by atoms with Gasteiger partial charge in [0.15, 0.2) is 25.2 Å². The molecule has 31 N–H and O–H groups in total. The first-order chi connectivity index (χ1) is 49.5. The number of nitrogens with one attached hydrogen (secondary N) is 3. The maximum atomic E-state index is 13.1. The lowest BCUT2D eigenvalue weighted by atomic mass is 9.87. The van der Waals surface area contributed by atoms with E-state index in [-0.39, 0.29) is 0 Å². The van der Waals surface area contributed by atoms with E-state index in [2.05, 4.69) is 16.0 Å². The Bertz CT molecular complexity index is 2860. The van der Waals surface area contributed by atoms with Crippen molar-refractivity contribution in [2.75, 3.05) is 46.2 Å². The topological polar surface area (TPSA) is 816 Å². The van der Waals surface area contributed by atoms with Crippen molar-refractivity contribution in [1.29, 1.82) is 0 Å². The average molecular weight is 1560 g/mol. The lowest BCUT2D eigenvalue weighted by Crippen LogP contribution is -2.72. The summed E-state index contributed by atoms with van der Waals surface area (Å²) < 4.78 is 65.2. The molecule has 614 valence electrons. The number of carboxylic acids is 3. The highest BCUT2D eigenvalue weighted by atomic mass is 16.8. The molecule has 7 saturated heterocycles. The lowest BCUT2D eigenvalue weighted by molar-refractivity contribution is -0.387. The van der Waals surface area contributed by atoms with Crippen molar-refractivity contribution in [2.24, 2.45) is 0 Å². The van der Waals surface area contributed by atoms with E-state index >= 15 is 0 Å². The van der Waals surface area contributed by atoms with E-state index < -0.39 is 333 Å². The molecule has 38 atom stereocenters. The van der Waals surface area contributed by atoms with Crippen molar-refractivity contribution in [3.8, 4) is 0 Å². The van der Waals surface area contributed by atoms with Gasteiger partial charge in [0.25, 0.3) is 17.4 Å². The van der Waals surface area contributed by atoms with Crippen LogP contribution < -0.4 is 16.0 Å². The van der Waals surface area contributed by atoms with Crippen molar-refractivity contribution >= 4 is 35.6 Å². The summed E-state index contributed by atoms with van der Waals surface area (Å²) in [6, 6.07) is -5.11. The summed E-state index contributed by atoms with van der Waals surface area (Å²) in [5, 5.41) is 298. The number of carbonyl (C=O) groups is 6. The van der Waals surface area contributed by atoms with Gasteiger partial charge in [0.1, 0.15) is 153 Å². The first-order valence-corrected chi connectivity index (χ1v) is 32.6. The number of hydrogen-bond acceptors (Lipinski definition) is 43. The summed E-state index contributed by atoms with van der Waals surface area (Å²) in [7, 11) is 0. The molecular formula is C57H95N3O46. The highest BCUT2D eigenvalue weighted by Crippen LogP contribution is 2.43. The van der Waals surface area contributed by atoms with Crippen molar-refractivity contribution in [3.63, 3.8) is 0 Å². The molecule has 49 nitrogen and oxygen atoms in total. The molecule has 0 bridgehead atoms. The zero-order valence-electron chi connectivity index (χ0n) is 56.1. The first-order valence-electron chi connectivity index (χ1n) is 32.6. The van der Waals surface area contributed by atoms with Crippen LogP contribution in [0.15, 0.2) is 0 Å². The molecule has 7 rings (SSSR count). The molecular weight excluding hydrogens is 1460 g/mol. The van der Waals surface area contributed by atoms with Crippen LogP contribution in [0.25, 0.3) is 0 Å². The fraction of sp³-hybridized carbons (Fsp3) is 0.895. The summed E-state index contributed by atoms with van der Waals surface area (Å²) in [5.41, 5.74) is 0. The molecule has 7 fully saturated rings. The van der Waals surface area contributed by atoms with Crippen LogP contribution >= 0.6 is 0 Å². The van der Waals surface area contributed by atoms with Gasteiger partial charge in [0, 0.05) is 40.0 Å². The normalized spacial score (nSPS) is 43.9. The van der Waals surface area contributed by atoms with Gasteiger partial charge in [0.05, 0.1) is 82.7 Å². The minimum absolute atomic E-state index is 0.749. The van der Waals surface area contributed by atoms with E-state index in [4.69, 9.17) is 56.8 Å². The lowest BCUT2D eigenvalue weighted by Gasteiger charge is -2.51. The largest absolute Gasteiger partial charge is 0.477 e. The Balaban J connectivity index is 0.000000357. The van der Waals surface area contributed by atoms with Crippen molar-refractivity contribution in [1.82, 2.24) is 16.0 Å². The average Bonchev–Trinajstić information content (AvgIpc) is 0.723. The molecule has 0 radical (unpaired) electrons. The Kier molecular flexibility index (Phi) is 32.4. The quantitative estimate of drug-likeness (QED) is 0.0331. The number of amides is 3. The number of rotatable bonds is 29. The van der Waals surface area contributed by atoms with E-state index in [0.29, 0.717) is 0 Å². The Morgan fingerprint density at radius 3 is 0.972 bits per heavy atom. The summed E-state index contributed by atoms with van der Waals surface area (Å²) in [6.45, 7) is -4.60. The van der Waals surface area contributed by atoms with Crippen molar-refractivity contribution in [3.05, 3.63) is 0 Å². The Labute approximate surface area is 596 Å². The third-order valence-corrected chi connectivity index (χ3v) is 18.4. The number of aliphatic hydroxyl groups excluding tert-OH is 25. The molecule has 7 aliphatic rings. The van der Waals surface area contributed by atoms with Gasteiger partial charge < -0.3 is 216 Å². The van der Waals surface area contributed by atoms with Crippen LogP contribution in [0.5, 0.6) is 0 Å². The summed E-state index contributed by atoms with van der Waals surface area (Å²) in [6.07, 6.45) is -68.5. The molecule has 7 aliphatic heterocycles. The van der Waals surface area contributed by atoms with Crippen LogP contribution in [-0.2, 0) is 85.6 Å². The van der Waals surface area contributed by atoms with Gasteiger partial charge in [-0.2, -0.15) is 0 Å². The number of carboxylic acid groups (broad SMARTS) is 3. The zero-order chi connectivity index (χ0) is 79.8. The van der Waals surface area contributed by atoms with Crippen LogP contribution in [-0.4, -0.2) is 456 Å². The third kappa shape index (κ3) is 19.8. The third-order valence-electron chi connectivity index (χ3n) is 18.4. The summed E-state index contributed by atoms with van der Waals surface area (Å²) in [4.78, 5) is 74.5. The van der Waals surface area contributed by atoms with E-state index in [1.807, 2.05) is 0 Å². The van der Waals surface area contributed by atoms with Crippen LogP contribution in [0, 0.1) is 0 Å². The van der Waals surface area contributed by atoms with E-state index in [9.17, 15) is 172 Å². The Hall–Kier alpha value is -4.66. The highest BCUT2D eigenvalue weighted by Gasteiger charge is 2.65. The maximum absolute atomic E-state index is 13.1. The minimum Gasteiger partial charge on any atom is -0.477 e. The van der Waals surface area contributed by atoms with Crippen LogP contribution in [0.3, 0.4) is 0 Å². The second-order valence-electron chi connectivity index (χ2n) is 26.0. The molecule has 2 unspecified atom stereocenters. The van der Waals surface area contributed by atoms with Gasteiger partial charge >= 0.3 is 17.9 Å². The van der Waals surface area contributed by atoms with Gasteiger partial charge in [-0.1, -0.05) is 0 Å². The predicted octanol–water partition coefficient (Wildman–Crippen LogP) is -19.3. The molecule has 49 heteroatoms. The number of ether oxygens (including phenoxy) is 12. The van der Waals surface area contributed by atoms with Crippen LogP contribution in [0.4, 0.5) is 0 Å². The molecule has 0 aromatic heterocycles. The van der Waals surface area contributed by atoms with Gasteiger partial charge in [0.2, 0.25) is 17.7 Å². The molecule has 7 heterocycles. The Morgan fingerprint density at radius 1 is 0.387 bits per heavy atom. The van der Waals surface area contributed by atoms with E-state index in [1.165, 1.54) is 0 Å². The predicted molar refractivity (Wildman–Crippen MR) is 322 cm³/mol. The SMILES string of the molecule is CC(=O)N[C@H]1[C@H]([C@H](O)[C@H](O)CO)O[C@@](O[C@H](CO)[C@@H](O)[C@@H]2O[C@@](O[C@H]3[C@@H](O)[C@@H](CO)O[C@@H](O[C@H]4[C@H](O)[C@@H](O)C(O)O[C@@H]4CO)[C@@H]3O)(C(=O)O)C[C@H](O)[C@H]2NC(C)=O)(C(=O)O)C[C@@H]1O.CC(=O)N[C@H]1[C@H]([C@H](O)[C@H](O)CO)O[C@@](O[C@H]2[C@@H](O)[C@@H](CO)O[C@@H](O[C@H]3[C@H](O)[C@@H](O)C(O)O[C@@H]3CO)[C@@H]2O)(C(=O)O)C[C@@H]1O. The molecule has 3 amide bonds. The highest BCUT2D eigenvalue weighted by molar-refractivity contribution is 5.78. The van der Waals surface area contributed by atoms with Gasteiger partial charge in [-0.3, -0.25) is 14.4 Å². The standard InChI is InChI=1S/C34H56N2O27.C23H39NO19/c1-9(41)35-17-11(43)3-33(31(53)54,61-26(17)19(46)13(45)5-37)60-15(7-39)21(48)27-18(36-10(2)42)12(44)4-34(62-27,32(55)56)63-28-20(47)14(6-38)58-30(24(28)51)59-25-16(8-40)57-29(52)23(50)22(25)49;1-6(28)24-11-7(29)2-23(22(37)38,42-18(11)12(31)8(30)3-25)43-19-13(32)9(4-26)40-21(16(19)35)41-17-10(5-27)39-20(36)15(34)14(17)33/h11-30,37-40,43-52H,3-8H2,1-2H3,(H,35,41)(H,36,42)(H,53,54)(H,55,56);7-21,25-27,29-36H,2-5H2,1H3,(H,24,28)(H,37,38)/t11-,12-,13+,14+,15+,16+,17+,18+,19+,20-,21+,22+,23+,24+,25+,26+,27+,28-,29?,30-,33+,34-;7-,8+,9+,10+,11+,12+,13-,14+,15+,16+,17+,18+,19-,20?,21-,23-/m00/s1. The van der Waals surface area contributed by atoms with Crippen LogP contribution in [0.1, 0.15) is 40.0 Å². The Morgan fingerprint density at radius 2 is 0.689 bits per heavy atom. The molecule has 0 aromatic rings. The number of aliphatic hydroxyl groups is 25. The molecule has 0 aliphatic carbocycles. The summed E-state index contributed by atoms with van der Waals surface area (Å²) in [5.74, 6) is -18.4. The first kappa shape index (κ1) is 90.2. The van der Waals surface area contributed by atoms with Gasteiger partial charge in [-0.25, -0.2) is 14.4 Å². The molecule has 106 heavy (non-hydrogen) atoms. The second kappa shape index (κ2) is 38.0. The monoisotopic (exact) mass is 1560 g/mol. The summed E-state index contributed by atoms with van der Waals surface area (Å²) >= 11 is 0. The van der Waals surface area contributed by atoms with Gasteiger partial charge in [-0.15, -0.1) is 0 Å². The van der Waals surface area contributed by atoms with E-state index in [1.54, 1.807) is 0 Å². The van der Waals surface area contributed by atoms with Crippen molar-refractivity contribution < 1.29 is 229 Å². The minimum atomic E-state index is -3.33. The number of carbonyl (C=O) groups excluding carboxylic acids is 3. The molecule has 0 spiro atoms. The van der Waals surface area contributed by atoms with Crippen LogP contribution in [0.2, 0.25) is 0 Å². The fourth-order valence-corrected chi connectivity index (χ4v) is 12.9. The number of hydrogen-bond donors (Lipinski definition) is 31. The smallest absolute Gasteiger partial charge is 0.364 e. The zero-order valence-corrected chi connectivity index (χ0v) is 56.1.